The van der Waals surface area contributed by atoms with Crippen molar-refractivity contribution in [3.63, 3.8) is 0 Å². The van der Waals surface area contributed by atoms with E-state index in [9.17, 15) is 4.39 Å². The Kier molecular flexibility index (Phi) is 5.67. The van der Waals surface area contributed by atoms with Gasteiger partial charge in [-0.05, 0) is 12.1 Å². The number of nitrogens with two attached hydrogens (primary N) is 1. The number of halogens is 1. The van der Waals surface area contributed by atoms with Gasteiger partial charge in [0.2, 0.25) is 0 Å². The Hall–Kier alpha value is -1.42. The summed E-state index contributed by atoms with van der Waals surface area (Å²) in [6, 6.07) is 4.07. The fraction of sp³-hybridized carbons (Fsp3) is 0.143. The van der Waals surface area contributed by atoms with E-state index in [1.54, 1.807) is 0 Å². The number of hydrogen-bond acceptors (Lipinski definition) is 5. The van der Waals surface area contributed by atoms with Gasteiger partial charge in [0.15, 0.2) is 0 Å². The second-order valence-electron chi connectivity index (χ2n) is 2.44. The molecule has 0 amide bonds. The lowest BCUT2D eigenvalue weighted by molar-refractivity contribution is 0.381. The topological polar surface area (TPSA) is 122 Å². The second-order valence-corrected chi connectivity index (χ2v) is 3.33. The predicted molar refractivity (Wildman–Crippen MR) is 54.9 cm³/mol. The Labute approximate surface area is 91.6 Å². The number of methoxy groups -OCH3 is 1. The molecule has 0 fully saturated rings. The third-order valence-electron chi connectivity index (χ3n) is 1.32. The van der Waals surface area contributed by atoms with E-state index < -0.39 is 10.4 Å². The van der Waals surface area contributed by atoms with Gasteiger partial charge in [0, 0.05) is 6.07 Å². The molecule has 0 spiro atoms. The number of rotatable bonds is 2. The molecule has 0 unspecified atom stereocenters. The summed E-state index contributed by atoms with van der Waals surface area (Å²) >= 11 is 0. The van der Waals surface area contributed by atoms with Gasteiger partial charge in [-0.15, -0.1) is 0 Å². The molecule has 0 aliphatic heterocycles. The maximum atomic E-state index is 12.5. The van der Waals surface area contributed by atoms with Crippen molar-refractivity contribution in [2.24, 2.45) is 5.84 Å². The summed E-state index contributed by atoms with van der Waals surface area (Å²) in [5.74, 6) is 5.27. The van der Waals surface area contributed by atoms with Crippen LogP contribution in [0.1, 0.15) is 0 Å². The number of ether oxygens (including phenoxy) is 1. The molecule has 5 N–H and O–H groups in total. The molecular weight excluding hydrogens is 243 g/mol. The SMILES string of the molecule is COc1ccc(F)cc1NN.O=S(=O)(O)O. The Bertz CT molecular complexity index is 428. The van der Waals surface area contributed by atoms with Gasteiger partial charge in [-0.25, -0.2) is 4.39 Å². The van der Waals surface area contributed by atoms with Crippen LogP contribution >= 0.6 is 0 Å². The first kappa shape index (κ1) is 14.6. The zero-order valence-electron chi connectivity index (χ0n) is 8.21. The van der Waals surface area contributed by atoms with E-state index >= 15 is 0 Å². The van der Waals surface area contributed by atoms with Gasteiger partial charge in [-0.1, -0.05) is 0 Å². The standard InChI is InChI=1S/C7H9FN2O.H2O4S/c1-11-7-3-2-5(8)4-6(7)10-9;1-5(2,3)4/h2-4,10H,9H2,1H3;(H2,1,2,3,4). The molecule has 1 aromatic carbocycles. The summed E-state index contributed by atoms with van der Waals surface area (Å²) in [6.07, 6.45) is 0. The number of hydrazine groups is 1. The highest BCUT2D eigenvalue weighted by atomic mass is 32.3. The summed E-state index contributed by atoms with van der Waals surface area (Å²) in [5.41, 5.74) is 2.76. The molecule has 0 radical (unpaired) electrons. The lowest BCUT2D eigenvalue weighted by Crippen LogP contribution is -2.08. The van der Waals surface area contributed by atoms with Gasteiger partial charge in [-0.3, -0.25) is 14.9 Å². The summed E-state index contributed by atoms with van der Waals surface area (Å²) in [6.45, 7) is 0. The number of anilines is 1. The number of nitrogens with one attached hydrogen (secondary N) is 1. The van der Waals surface area contributed by atoms with Crippen molar-refractivity contribution in [3.8, 4) is 5.75 Å². The Morgan fingerprint density at radius 2 is 1.94 bits per heavy atom. The van der Waals surface area contributed by atoms with Crippen molar-refractivity contribution >= 4 is 16.1 Å². The normalized spacial score (nSPS) is 10.1. The molecule has 1 rings (SSSR count). The minimum atomic E-state index is -4.67. The first-order chi connectivity index (χ1) is 7.27. The molecule has 0 aromatic heterocycles. The molecule has 0 heterocycles. The minimum Gasteiger partial charge on any atom is -0.495 e. The Balaban J connectivity index is 0.000000385. The van der Waals surface area contributed by atoms with Crippen molar-refractivity contribution < 1.29 is 26.7 Å². The van der Waals surface area contributed by atoms with E-state index in [0.717, 1.165) is 0 Å². The summed E-state index contributed by atoms with van der Waals surface area (Å²) in [4.78, 5) is 0. The zero-order valence-corrected chi connectivity index (χ0v) is 9.03. The average Bonchev–Trinajstić information content (AvgIpc) is 2.15. The van der Waals surface area contributed by atoms with Crippen molar-refractivity contribution in [3.05, 3.63) is 24.0 Å². The molecule has 9 heteroatoms. The molecule has 0 aliphatic carbocycles. The fourth-order valence-electron chi connectivity index (χ4n) is 0.793. The molecule has 0 saturated carbocycles. The molecule has 0 bridgehead atoms. The monoisotopic (exact) mass is 254 g/mol. The molecule has 1 aromatic rings. The van der Waals surface area contributed by atoms with E-state index in [4.69, 9.17) is 28.1 Å². The molecule has 0 saturated heterocycles. The lowest BCUT2D eigenvalue weighted by Gasteiger charge is -2.06. The molecular formula is C7H11FN2O5S. The lowest BCUT2D eigenvalue weighted by atomic mass is 10.3. The molecule has 7 nitrogen and oxygen atoms in total. The van der Waals surface area contributed by atoms with Crippen LogP contribution in [-0.4, -0.2) is 24.6 Å². The summed E-state index contributed by atoms with van der Waals surface area (Å²) in [7, 11) is -3.17. The van der Waals surface area contributed by atoms with Gasteiger partial charge in [-0.2, -0.15) is 8.42 Å². The number of benzene rings is 1. The third-order valence-corrected chi connectivity index (χ3v) is 1.32. The van der Waals surface area contributed by atoms with Crippen molar-refractivity contribution in [2.75, 3.05) is 12.5 Å². The van der Waals surface area contributed by atoms with Gasteiger partial charge in [0.1, 0.15) is 11.6 Å². The Morgan fingerprint density at radius 3 is 2.31 bits per heavy atom. The highest BCUT2D eigenvalue weighted by Crippen LogP contribution is 2.23. The van der Waals surface area contributed by atoms with E-state index in [1.165, 1.54) is 25.3 Å². The van der Waals surface area contributed by atoms with Gasteiger partial charge < -0.3 is 10.2 Å². The van der Waals surface area contributed by atoms with Crippen LogP contribution in [0.2, 0.25) is 0 Å². The van der Waals surface area contributed by atoms with Crippen molar-refractivity contribution in [2.45, 2.75) is 0 Å². The van der Waals surface area contributed by atoms with Crippen LogP contribution in [0.4, 0.5) is 10.1 Å². The summed E-state index contributed by atoms with van der Waals surface area (Å²) in [5, 5.41) is 0. The zero-order chi connectivity index (χ0) is 12.8. The van der Waals surface area contributed by atoms with Crippen LogP contribution in [0.3, 0.4) is 0 Å². The van der Waals surface area contributed by atoms with E-state index in [0.29, 0.717) is 11.4 Å². The molecule has 0 atom stereocenters. The van der Waals surface area contributed by atoms with Gasteiger partial charge in [0.25, 0.3) is 0 Å². The first-order valence-corrected chi connectivity index (χ1v) is 5.17. The highest BCUT2D eigenvalue weighted by Gasteiger charge is 2.00. The van der Waals surface area contributed by atoms with Crippen LogP contribution in [0, 0.1) is 5.82 Å². The minimum absolute atomic E-state index is 0.348. The fourth-order valence-corrected chi connectivity index (χ4v) is 0.793. The van der Waals surface area contributed by atoms with Crippen LogP contribution in [0.15, 0.2) is 18.2 Å². The van der Waals surface area contributed by atoms with E-state index in [2.05, 4.69) is 5.43 Å². The summed E-state index contributed by atoms with van der Waals surface area (Å²) < 4.78 is 49.0. The van der Waals surface area contributed by atoms with Crippen LogP contribution in [0.25, 0.3) is 0 Å². The molecule has 0 aliphatic rings. The van der Waals surface area contributed by atoms with Crippen molar-refractivity contribution in [1.29, 1.82) is 0 Å². The van der Waals surface area contributed by atoms with Crippen LogP contribution in [-0.2, 0) is 10.4 Å². The Morgan fingerprint density at radius 1 is 1.44 bits per heavy atom. The van der Waals surface area contributed by atoms with Crippen molar-refractivity contribution in [1.82, 2.24) is 0 Å². The maximum absolute atomic E-state index is 12.5. The molecule has 92 valence electrons. The van der Waals surface area contributed by atoms with E-state index in [1.807, 2.05) is 0 Å². The second kappa shape index (κ2) is 6.23. The number of hydrogen-bond donors (Lipinski definition) is 4. The maximum Gasteiger partial charge on any atom is 0.394 e. The smallest absolute Gasteiger partial charge is 0.394 e. The first-order valence-electron chi connectivity index (χ1n) is 3.78. The third kappa shape index (κ3) is 6.95. The van der Waals surface area contributed by atoms with Crippen LogP contribution in [0.5, 0.6) is 5.75 Å². The van der Waals surface area contributed by atoms with Crippen LogP contribution < -0.4 is 16.0 Å². The van der Waals surface area contributed by atoms with Gasteiger partial charge in [0.05, 0.1) is 12.8 Å². The van der Waals surface area contributed by atoms with E-state index in [-0.39, 0.29) is 5.82 Å². The predicted octanol–water partition coefficient (Wildman–Crippen LogP) is 0.467. The largest absolute Gasteiger partial charge is 0.495 e. The average molecular weight is 254 g/mol. The molecule has 16 heavy (non-hydrogen) atoms. The quantitative estimate of drug-likeness (QED) is 0.343. The van der Waals surface area contributed by atoms with Gasteiger partial charge >= 0.3 is 10.4 Å². The highest BCUT2D eigenvalue weighted by molar-refractivity contribution is 7.79. The number of nitrogen functional groups attached to an aromatic ring is 1.